The van der Waals surface area contributed by atoms with Crippen molar-refractivity contribution >= 4 is 11.9 Å². The first kappa shape index (κ1) is 29.8. The van der Waals surface area contributed by atoms with Crippen LogP contribution < -0.4 is 10.6 Å². The summed E-state index contributed by atoms with van der Waals surface area (Å²) >= 11 is 0. The summed E-state index contributed by atoms with van der Waals surface area (Å²) in [6.07, 6.45) is 4.30. The highest BCUT2D eigenvalue weighted by Gasteiger charge is 2.40. The molecule has 2 saturated heterocycles. The van der Waals surface area contributed by atoms with E-state index in [1.807, 2.05) is 0 Å². The standard InChI is InChI=1S/C33H43N3O4/c1-30(2)17-25(18-31(3,4)35-30)39-28(37)24-14-11-22(12-15-24)9-10-23-13-16-27(34-21-23)29(38)40-26-19-32(5,6)36-33(7,8)20-26/h11-16,21,25-26,35-36H,17-20H2,1-8H3. The van der Waals surface area contributed by atoms with E-state index in [0.717, 1.165) is 31.2 Å². The van der Waals surface area contributed by atoms with Crippen molar-refractivity contribution in [2.24, 2.45) is 0 Å². The fourth-order valence-electron chi connectivity index (χ4n) is 6.48. The van der Waals surface area contributed by atoms with Crippen LogP contribution in [0.4, 0.5) is 0 Å². The monoisotopic (exact) mass is 545 g/mol. The molecule has 1 aromatic carbocycles. The molecule has 0 radical (unpaired) electrons. The first-order valence-electron chi connectivity index (χ1n) is 14.1. The van der Waals surface area contributed by atoms with Gasteiger partial charge in [0.2, 0.25) is 0 Å². The topological polar surface area (TPSA) is 89.6 Å². The number of ether oxygens (including phenoxy) is 2. The Morgan fingerprint density at radius 3 is 1.55 bits per heavy atom. The van der Waals surface area contributed by atoms with Crippen LogP contribution in [0, 0.1) is 11.8 Å². The maximum atomic E-state index is 12.8. The Bertz CT molecular complexity index is 1170. The second kappa shape index (κ2) is 11.0. The number of benzene rings is 1. The van der Waals surface area contributed by atoms with Crippen molar-refractivity contribution in [3.63, 3.8) is 0 Å². The summed E-state index contributed by atoms with van der Waals surface area (Å²) in [4.78, 5) is 29.8. The molecule has 0 unspecified atom stereocenters. The molecular formula is C33H43N3O4. The molecular weight excluding hydrogens is 502 g/mol. The Kier molecular flexibility index (Phi) is 8.18. The minimum absolute atomic E-state index is 0.0962. The lowest BCUT2D eigenvalue weighted by atomic mass is 9.81. The molecule has 7 heteroatoms. The van der Waals surface area contributed by atoms with Gasteiger partial charge in [0.05, 0.1) is 5.56 Å². The molecule has 3 heterocycles. The SMILES string of the molecule is CC1(C)CC(OC(=O)c2ccc(C#Cc3ccc(C(=O)OC4CC(C)(C)NC(C)(C)C4)nc3)cc2)CC(C)(C)N1. The third kappa shape index (κ3) is 8.16. The zero-order valence-corrected chi connectivity index (χ0v) is 25.1. The fraction of sp³-hybridized carbons (Fsp3) is 0.545. The van der Waals surface area contributed by atoms with Gasteiger partial charge in [-0.3, -0.25) is 0 Å². The van der Waals surface area contributed by atoms with Gasteiger partial charge in [-0.25, -0.2) is 14.6 Å². The molecule has 0 bridgehead atoms. The molecule has 2 aromatic rings. The van der Waals surface area contributed by atoms with Gasteiger partial charge in [-0.2, -0.15) is 0 Å². The minimum atomic E-state index is -0.419. The molecule has 214 valence electrons. The predicted molar refractivity (Wildman–Crippen MR) is 156 cm³/mol. The third-order valence-corrected chi connectivity index (χ3v) is 7.30. The van der Waals surface area contributed by atoms with E-state index in [1.165, 1.54) is 0 Å². The number of carbonyl (C=O) groups is 2. The minimum Gasteiger partial charge on any atom is -0.459 e. The summed E-state index contributed by atoms with van der Waals surface area (Å²) in [5, 5.41) is 7.20. The molecule has 2 aliphatic rings. The number of nitrogens with zero attached hydrogens (tertiary/aromatic N) is 1. The largest absolute Gasteiger partial charge is 0.459 e. The average Bonchev–Trinajstić information content (AvgIpc) is 2.79. The quantitative estimate of drug-likeness (QED) is 0.392. The lowest BCUT2D eigenvalue weighted by Gasteiger charge is -2.45. The summed E-state index contributed by atoms with van der Waals surface area (Å²) in [5.74, 6) is 5.42. The predicted octanol–water partition coefficient (Wildman–Crippen LogP) is 5.41. The Labute approximate surface area is 238 Å². The van der Waals surface area contributed by atoms with Crippen LogP contribution in [0.3, 0.4) is 0 Å². The van der Waals surface area contributed by atoms with E-state index in [0.29, 0.717) is 11.1 Å². The maximum Gasteiger partial charge on any atom is 0.357 e. The van der Waals surface area contributed by atoms with Crippen molar-refractivity contribution < 1.29 is 19.1 Å². The molecule has 0 amide bonds. The van der Waals surface area contributed by atoms with Gasteiger partial charge in [-0.15, -0.1) is 0 Å². The van der Waals surface area contributed by atoms with E-state index in [9.17, 15) is 9.59 Å². The van der Waals surface area contributed by atoms with Gasteiger partial charge in [-0.05, 0) is 91.8 Å². The molecule has 0 saturated carbocycles. The van der Waals surface area contributed by atoms with Crippen molar-refractivity contribution in [3.8, 4) is 11.8 Å². The second-order valence-electron chi connectivity index (χ2n) is 13.9. The van der Waals surface area contributed by atoms with Gasteiger partial charge in [0.1, 0.15) is 17.9 Å². The first-order valence-corrected chi connectivity index (χ1v) is 14.1. The van der Waals surface area contributed by atoms with E-state index < -0.39 is 5.97 Å². The zero-order valence-electron chi connectivity index (χ0n) is 25.1. The van der Waals surface area contributed by atoms with Crippen LogP contribution in [0.2, 0.25) is 0 Å². The number of piperidine rings is 2. The van der Waals surface area contributed by atoms with Crippen molar-refractivity contribution in [2.45, 2.75) is 115 Å². The Morgan fingerprint density at radius 2 is 1.10 bits per heavy atom. The lowest BCUT2D eigenvalue weighted by molar-refractivity contribution is -0.00793. The van der Waals surface area contributed by atoms with Gasteiger partial charge in [0.25, 0.3) is 0 Å². The Balaban J connectivity index is 1.33. The number of rotatable bonds is 4. The lowest BCUT2D eigenvalue weighted by Crippen LogP contribution is -2.59. The number of aromatic nitrogens is 1. The number of esters is 2. The molecule has 2 aliphatic heterocycles. The summed E-state index contributed by atoms with van der Waals surface area (Å²) in [5.41, 5.74) is 1.80. The van der Waals surface area contributed by atoms with Gasteiger partial charge in [0, 0.05) is 65.2 Å². The Hall–Kier alpha value is -3.21. The van der Waals surface area contributed by atoms with E-state index >= 15 is 0 Å². The van der Waals surface area contributed by atoms with E-state index in [4.69, 9.17) is 9.47 Å². The second-order valence-corrected chi connectivity index (χ2v) is 13.9. The highest BCUT2D eigenvalue weighted by molar-refractivity contribution is 5.89. The van der Waals surface area contributed by atoms with E-state index in [2.05, 4.69) is 82.8 Å². The van der Waals surface area contributed by atoms with E-state index in [1.54, 1.807) is 42.6 Å². The molecule has 4 rings (SSSR count). The number of hydrogen-bond acceptors (Lipinski definition) is 7. The third-order valence-electron chi connectivity index (χ3n) is 7.30. The number of carbonyl (C=O) groups excluding carboxylic acids is 2. The molecule has 1 aromatic heterocycles. The molecule has 2 fully saturated rings. The van der Waals surface area contributed by atoms with Crippen LogP contribution in [-0.2, 0) is 9.47 Å². The molecule has 0 atom stereocenters. The fourth-order valence-corrected chi connectivity index (χ4v) is 6.48. The molecule has 0 spiro atoms. The number of pyridine rings is 1. The van der Waals surface area contributed by atoms with Crippen LogP contribution in [-0.4, -0.2) is 51.3 Å². The Morgan fingerprint density at radius 1 is 0.675 bits per heavy atom. The molecule has 40 heavy (non-hydrogen) atoms. The zero-order chi connectivity index (χ0) is 29.3. The normalized spacial score (nSPS) is 21.5. The highest BCUT2D eigenvalue weighted by atomic mass is 16.5. The smallest absolute Gasteiger partial charge is 0.357 e. The van der Waals surface area contributed by atoms with Gasteiger partial charge in [0.15, 0.2) is 0 Å². The van der Waals surface area contributed by atoms with Crippen LogP contribution in [0.25, 0.3) is 0 Å². The highest BCUT2D eigenvalue weighted by Crippen LogP contribution is 2.32. The van der Waals surface area contributed by atoms with Crippen molar-refractivity contribution in [1.29, 1.82) is 0 Å². The van der Waals surface area contributed by atoms with Crippen molar-refractivity contribution in [2.75, 3.05) is 0 Å². The van der Waals surface area contributed by atoms with Crippen LogP contribution in [0.15, 0.2) is 42.6 Å². The first-order chi connectivity index (χ1) is 18.5. The van der Waals surface area contributed by atoms with Crippen LogP contribution >= 0.6 is 0 Å². The molecule has 0 aliphatic carbocycles. The van der Waals surface area contributed by atoms with Crippen molar-refractivity contribution in [1.82, 2.24) is 15.6 Å². The van der Waals surface area contributed by atoms with Crippen molar-refractivity contribution in [3.05, 3.63) is 65.0 Å². The number of nitrogens with one attached hydrogen (secondary N) is 2. The summed E-state index contributed by atoms with van der Waals surface area (Å²) in [6, 6.07) is 10.5. The van der Waals surface area contributed by atoms with Gasteiger partial charge < -0.3 is 20.1 Å². The maximum absolute atomic E-state index is 12.8. The van der Waals surface area contributed by atoms with Gasteiger partial charge in [-0.1, -0.05) is 11.8 Å². The average molecular weight is 546 g/mol. The van der Waals surface area contributed by atoms with Gasteiger partial charge >= 0.3 is 11.9 Å². The molecule has 2 N–H and O–H groups in total. The summed E-state index contributed by atoms with van der Waals surface area (Å²) in [6.45, 7) is 17.0. The van der Waals surface area contributed by atoms with E-state index in [-0.39, 0.29) is 46.0 Å². The number of hydrogen-bond donors (Lipinski definition) is 2. The summed E-state index contributed by atoms with van der Waals surface area (Å²) in [7, 11) is 0. The summed E-state index contributed by atoms with van der Waals surface area (Å²) < 4.78 is 11.7. The van der Waals surface area contributed by atoms with Crippen LogP contribution in [0.1, 0.15) is 113 Å². The molecule has 7 nitrogen and oxygen atoms in total. The van der Waals surface area contributed by atoms with Crippen LogP contribution in [0.5, 0.6) is 0 Å².